The topological polar surface area (TPSA) is 100 Å². The number of carbonyl (C=O) groups is 1. The van der Waals surface area contributed by atoms with E-state index in [-0.39, 0.29) is 31.5 Å². The number of rotatable bonds is 11. The Morgan fingerprint density at radius 2 is 1.68 bits per heavy atom. The van der Waals surface area contributed by atoms with Crippen molar-refractivity contribution in [2.45, 2.75) is 45.0 Å². The highest BCUT2D eigenvalue weighted by Crippen LogP contribution is 2.39. The number of thioether (sulfide) groups is 1. The van der Waals surface area contributed by atoms with Crippen molar-refractivity contribution in [3.05, 3.63) is 95.1 Å². The fourth-order valence-electron chi connectivity index (χ4n) is 4.48. The first-order chi connectivity index (χ1) is 18.6. The average Bonchev–Trinajstić information content (AvgIpc) is 2.96. The van der Waals surface area contributed by atoms with Gasteiger partial charge in [-0.2, -0.15) is 11.8 Å². The third-order valence-corrected chi connectivity index (χ3v) is 7.52. The minimum absolute atomic E-state index is 0.00937. The van der Waals surface area contributed by atoms with Crippen LogP contribution in [0.2, 0.25) is 0 Å². The Hall–Kier alpha value is -2.88. The Labute approximate surface area is 228 Å². The first-order valence-electron chi connectivity index (χ1n) is 13.0. The van der Waals surface area contributed by atoms with Crippen molar-refractivity contribution in [3.63, 3.8) is 0 Å². The number of benzene rings is 3. The van der Waals surface area contributed by atoms with Gasteiger partial charge in [0.05, 0.1) is 25.4 Å². The van der Waals surface area contributed by atoms with Crippen LogP contribution in [0.3, 0.4) is 0 Å². The first-order valence-corrected chi connectivity index (χ1v) is 14.2. The molecule has 3 atom stereocenters. The van der Waals surface area contributed by atoms with Gasteiger partial charge in [-0.25, -0.2) is 4.79 Å². The van der Waals surface area contributed by atoms with Crippen LogP contribution in [0.15, 0.2) is 72.8 Å². The summed E-state index contributed by atoms with van der Waals surface area (Å²) in [5, 5.41) is 24.3. The number of hydrogen-bond donors (Lipinski definition) is 4. The molecule has 1 saturated heterocycles. The number of amides is 2. The van der Waals surface area contributed by atoms with Crippen LogP contribution in [-0.2, 0) is 22.6 Å². The molecule has 3 aromatic carbocycles. The van der Waals surface area contributed by atoms with E-state index < -0.39 is 6.29 Å². The van der Waals surface area contributed by atoms with E-state index in [4.69, 9.17) is 9.47 Å². The lowest BCUT2D eigenvalue weighted by atomic mass is 9.98. The van der Waals surface area contributed by atoms with E-state index in [0.29, 0.717) is 18.8 Å². The number of nitrogens with one attached hydrogen (secondary N) is 2. The number of hydrogen-bond acceptors (Lipinski definition) is 6. The Morgan fingerprint density at radius 1 is 0.947 bits per heavy atom. The molecule has 38 heavy (non-hydrogen) atoms. The standard InChI is InChI=1S/C30H36N2O5S/c1-2-31-30(35)32-18-25-5-3-4-6-27(25)22-11-13-24(14-12-22)29-36-26(20-38-16-15-33)17-28(37-29)23-9-7-21(19-34)8-10-23/h3-14,26,28-29,33-34H,2,15-20H2,1H3,(H2,31,32,35). The Bertz CT molecular complexity index is 1160. The van der Waals surface area contributed by atoms with Gasteiger partial charge >= 0.3 is 6.03 Å². The molecule has 0 saturated carbocycles. The van der Waals surface area contributed by atoms with Crippen LogP contribution in [-0.4, -0.2) is 47.0 Å². The van der Waals surface area contributed by atoms with E-state index in [9.17, 15) is 15.0 Å². The van der Waals surface area contributed by atoms with Crippen molar-refractivity contribution in [2.75, 3.05) is 24.7 Å². The monoisotopic (exact) mass is 536 g/mol. The quantitative estimate of drug-likeness (QED) is 0.259. The second-order valence-corrected chi connectivity index (χ2v) is 10.3. The fourth-order valence-corrected chi connectivity index (χ4v) is 5.25. The minimum Gasteiger partial charge on any atom is -0.396 e. The highest BCUT2D eigenvalue weighted by Gasteiger charge is 2.32. The SMILES string of the molecule is CCNC(=O)NCc1ccccc1-c1ccc(C2OC(CSCCO)CC(c3ccc(CO)cc3)O2)cc1. The zero-order chi connectivity index (χ0) is 26.7. The Balaban J connectivity index is 1.51. The first kappa shape index (κ1) is 28.1. The molecular weight excluding hydrogens is 500 g/mol. The van der Waals surface area contributed by atoms with Gasteiger partial charge in [0.2, 0.25) is 0 Å². The van der Waals surface area contributed by atoms with Gasteiger partial charge in [0.25, 0.3) is 0 Å². The van der Waals surface area contributed by atoms with Gasteiger partial charge in [-0.1, -0.05) is 72.8 Å². The summed E-state index contributed by atoms with van der Waals surface area (Å²) in [7, 11) is 0. The van der Waals surface area contributed by atoms with Gasteiger partial charge in [-0.15, -0.1) is 0 Å². The number of carbonyl (C=O) groups excluding carboxylic acids is 1. The predicted octanol–water partition coefficient (Wildman–Crippen LogP) is 4.94. The molecule has 7 nitrogen and oxygen atoms in total. The number of ether oxygens (including phenoxy) is 2. The predicted molar refractivity (Wildman–Crippen MR) is 151 cm³/mol. The third kappa shape index (κ3) is 7.58. The molecule has 0 radical (unpaired) electrons. The van der Waals surface area contributed by atoms with Crippen molar-refractivity contribution in [1.29, 1.82) is 0 Å². The largest absolute Gasteiger partial charge is 0.396 e. The van der Waals surface area contributed by atoms with Crippen molar-refractivity contribution in [3.8, 4) is 11.1 Å². The summed E-state index contributed by atoms with van der Waals surface area (Å²) in [5.41, 5.74) is 5.98. The van der Waals surface area contributed by atoms with Crippen LogP contribution < -0.4 is 10.6 Å². The molecule has 4 rings (SSSR count). The fraction of sp³-hybridized carbons (Fsp3) is 0.367. The normalized spacial score (nSPS) is 19.2. The zero-order valence-electron chi connectivity index (χ0n) is 21.6. The van der Waals surface area contributed by atoms with Crippen molar-refractivity contribution in [1.82, 2.24) is 10.6 Å². The highest BCUT2D eigenvalue weighted by molar-refractivity contribution is 7.99. The smallest absolute Gasteiger partial charge is 0.315 e. The zero-order valence-corrected chi connectivity index (χ0v) is 22.5. The van der Waals surface area contributed by atoms with E-state index in [1.165, 1.54) is 0 Å². The summed E-state index contributed by atoms with van der Waals surface area (Å²) in [5.74, 6) is 1.44. The van der Waals surface area contributed by atoms with Gasteiger partial charge in [0, 0.05) is 36.6 Å². The molecule has 3 unspecified atom stereocenters. The van der Waals surface area contributed by atoms with Crippen LogP contribution in [0.25, 0.3) is 11.1 Å². The molecule has 202 valence electrons. The van der Waals surface area contributed by atoms with Crippen LogP contribution in [0.4, 0.5) is 4.79 Å². The lowest BCUT2D eigenvalue weighted by molar-refractivity contribution is -0.245. The minimum atomic E-state index is -0.519. The maximum absolute atomic E-state index is 11.9. The number of urea groups is 1. The average molecular weight is 537 g/mol. The van der Waals surface area contributed by atoms with Gasteiger partial charge in [0.15, 0.2) is 6.29 Å². The van der Waals surface area contributed by atoms with Crippen LogP contribution in [0.1, 0.15) is 48.0 Å². The van der Waals surface area contributed by atoms with E-state index in [2.05, 4.69) is 28.8 Å². The molecule has 1 aliphatic heterocycles. The molecule has 2 amide bonds. The van der Waals surface area contributed by atoms with Crippen molar-refractivity contribution >= 4 is 17.8 Å². The Morgan fingerprint density at radius 3 is 2.39 bits per heavy atom. The third-order valence-electron chi connectivity index (χ3n) is 6.44. The summed E-state index contributed by atoms with van der Waals surface area (Å²) < 4.78 is 12.8. The summed E-state index contributed by atoms with van der Waals surface area (Å²) >= 11 is 1.67. The molecule has 1 heterocycles. The Kier molecular flexibility index (Phi) is 10.6. The van der Waals surface area contributed by atoms with Gasteiger partial charge in [0.1, 0.15) is 0 Å². The van der Waals surface area contributed by atoms with E-state index in [0.717, 1.165) is 45.6 Å². The van der Waals surface area contributed by atoms with Crippen molar-refractivity contribution in [2.24, 2.45) is 0 Å². The number of aliphatic hydroxyl groups is 2. The van der Waals surface area contributed by atoms with E-state index in [1.807, 2.05) is 61.5 Å². The second kappa shape index (κ2) is 14.3. The molecule has 0 aromatic heterocycles. The molecular formula is C30H36N2O5S. The van der Waals surface area contributed by atoms with Gasteiger partial charge < -0.3 is 30.3 Å². The summed E-state index contributed by atoms with van der Waals surface area (Å²) in [6.45, 7) is 3.05. The van der Waals surface area contributed by atoms with Crippen LogP contribution >= 0.6 is 11.8 Å². The molecule has 0 spiro atoms. The lowest BCUT2D eigenvalue weighted by Gasteiger charge is -2.36. The van der Waals surface area contributed by atoms with E-state index >= 15 is 0 Å². The maximum atomic E-state index is 11.9. The molecule has 0 bridgehead atoms. The highest BCUT2D eigenvalue weighted by atomic mass is 32.2. The second-order valence-electron chi connectivity index (χ2n) is 9.14. The summed E-state index contributed by atoms with van der Waals surface area (Å²) in [6.07, 6.45) is 0.0440. The lowest BCUT2D eigenvalue weighted by Crippen LogP contribution is -2.34. The van der Waals surface area contributed by atoms with Crippen LogP contribution in [0.5, 0.6) is 0 Å². The van der Waals surface area contributed by atoms with Gasteiger partial charge in [-0.05, 0) is 34.7 Å². The van der Waals surface area contributed by atoms with E-state index in [1.54, 1.807) is 11.8 Å². The molecule has 1 fully saturated rings. The molecule has 3 aromatic rings. The summed E-state index contributed by atoms with van der Waals surface area (Å²) in [6, 6.07) is 23.9. The summed E-state index contributed by atoms with van der Waals surface area (Å²) in [4.78, 5) is 11.9. The molecule has 1 aliphatic rings. The maximum Gasteiger partial charge on any atom is 0.315 e. The van der Waals surface area contributed by atoms with Crippen molar-refractivity contribution < 1.29 is 24.5 Å². The van der Waals surface area contributed by atoms with Crippen LogP contribution in [0, 0.1) is 0 Å². The molecule has 0 aliphatic carbocycles. The number of aliphatic hydroxyl groups excluding tert-OH is 2. The van der Waals surface area contributed by atoms with Gasteiger partial charge in [-0.3, -0.25) is 0 Å². The molecule has 8 heteroatoms. The molecule has 4 N–H and O–H groups in total.